The van der Waals surface area contributed by atoms with Crippen molar-refractivity contribution < 1.29 is 9.84 Å². The summed E-state index contributed by atoms with van der Waals surface area (Å²) in [5, 5.41) is 9.41. The topological polar surface area (TPSA) is 29.5 Å². The molecule has 2 rings (SSSR count). The van der Waals surface area contributed by atoms with Crippen LogP contribution in [0.1, 0.15) is 31.2 Å². The van der Waals surface area contributed by atoms with E-state index in [1.54, 1.807) is 0 Å². The molecule has 2 nitrogen and oxygen atoms in total. The Bertz CT molecular complexity index is 310. The van der Waals surface area contributed by atoms with E-state index in [2.05, 4.69) is 6.92 Å². The second-order valence-electron chi connectivity index (χ2n) is 4.46. The highest BCUT2D eigenvalue weighted by Crippen LogP contribution is 2.34. The average molecular weight is 206 g/mol. The van der Waals surface area contributed by atoms with Crippen LogP contribution in [0.15, 0.2) is 24.3 Å². The van der Waals surface area contributed by atoms with E-state index >= 15 is 0 Å². The van der Waals surface area contributed by atoms with E-state index in [1.807, 2.05) is 24.3 Å². The van der Waals surface area contributed by atoms with Gasteiger partial charge in [0.2, 0.25) is 0 Å². The SMILES string of the molecule is Cc1ccc(OC2(CO)CCCC2)cc1. The van der Waals surface area contributed by atoms with E-state index in [0.29, 0.717) is 0 Å². The molecule has 1 saturated carbocycles. The van der Waals surface area contributed by atoms with Gasteiger partial charge in [0.15, 0.2) is 0 Å². The summed E-state index contributed by atoms with van der Waals surface area (Å²) in [6, 6.07) is 8.03. The second-order valence-corrected chi connectivity index (χ2v) is 4.46. The van der Waals surface area contributed by atoms with Crippen LogP contribution in [0.25, 0.3) is 0 Å². The van der Waals surface area contributed by atoms with Crippen LogP contribution in [-0.2, 0) is 0 Å². The van der Waals surface area contributed by atoms with E-state index in [0.717, 1.165) is 31.4 Å². The van der Waals surface area contributed by atoms with Gasteiger partial charge >= 0.3 is 0 Å². The number of aliphatic hydroxyl groups excluding tert-OH is 1. The molecule has 2 heteroatoms. The van der Waals surface area contributed by atoms with E-state index in [9.17, 15) is 5.11 Å². The van der Waals surface area contributed by atoms with Crippen molar-refractivity contribution in [1.82, 2.24) is 0 Å². The van der Waals surface area contributed by atoms with Gasteiger partial charge in [-0.25, -0.2) is 0 Å². The number of aliphatic hydroxyl groups is 1. The fraction of sp³-hybridized carbons (Fsp3) is 0.538. The number of aryl methyl sites for hydroxylation is 1. The van der Waals surface area contributed by atoms with Gasteiger partial charge in [0.1, 0.15) is 11.4 Å². The standard InChI is InChI=1S/C13H18O2/c1-11-4-6-12(7-5-11)15-13(10-14)8-2-3-9-13/h4-7,14H,2-3,8-10H2,1H3. The molecule has 1 N–H and O–H groups in total. The van der Waals surface area contributed by atoms with Gasteiger partial charge in [0.05, 0.1) is 6.61 Å². The van der Waals surface area contributed by atoms with Gasteiger partial charge in [-0.1, -0.05) is 17.7 Å². The zero-order valence-electron chi connectivity index (χ0n) is 9.20. The Morgan fingerprint density at radius 3 is 2.33 bits per heavy atom. The van der Waals surface area contributed by atoms with Gasteiger partial charge in [0.25, 0.3) is 0 Å². The first-order chi connectivity index (χ1) is 7.24. The second kappa shape index (κ2) is 4.23. The quantitative estimate of drug-likeness (QED) is 0.824. The summed E-state index contributed by atoms with van der Waals surface area (Å²) in [5.41, 5.74) is 0.918. The van der Waals surface area contributed by atoms with Crippen LogP contribution < -0.4 is 4.74 Å². The molecule has 0 heterocycles. The van der Waals surface area contributed by atoms with Crippen molar-refractivity contribution in [2.75, 3.05) is 6.61 Å². The van der Waals surface area contributed by atoms with Gasteiger partial charge in [-0.15, -0.1) is 0 Å². The molecular formula is C13H18O2. The van der Waals surface area contributed by atoms with Gasteiger partial charge in [-0.2, -0.15) is 0 Å². The summed E-state index contributed by atoms with van der Waals surface area (Å²) >= 11 is 0. The smallest absolute Gasteiger partial charge is 0.132 e. The predicted octanol–water partition coefficient (Wildman–Crippen LogP) is 2.68. The molecule has 0 atom stereocenters. The lowest BCUT2D eigenvalue weighted by Gasteiger charge is -2.28. The van der Waals surface area contributed by atoms with Crippen LogP contribution in [0.5, 0.6) is 5.75 Å². The number of rotatable bonds is 3. The third-order valence-corrected chi connectivity index (χ3v) is 3.16. The summed E-state index contributed by atoms with van der Waals surface area (Å²) in [7, 11) is 0. The summed E-state index contributed by atoms with van der Waals surface area (Å²) in [5.74, 6) is 0.872. The Kier molecular flexibility index (Phi) is 2.96. The van der Waals surface area contributed by atoms with Crippen LogP contribution in [0, 0.1) is 6.92 Å². The molecule has 0 unspecified atom stereocenters. The first-order valence-corrected chi connectivity index (χ1v) is 5.61. The van der Waals surface area contributed by atoms with Crippen molar-refractivity contribution in [2.45, 2.75) is 38.2 Å². The Morgan fingerprint density at radius 2 is 1.80 bits per heavy atom. The Labute approximate surface area is 90.9 Å². The maximum Gasteiger partial charge on any atom is 0.132 e. The Morgan fingerprint density at radius 1 is 1.20 bits per heavy atom. The van der Waals surface area contributed by atoms with Crippen molar-refractivity contribution in [3.8, 4) is 5.75 Å². The molecule has 1 aromatic rings. The summed E-state index contributed by atoms with van der Waals surface area (Å²) in [4.78, 5) is 0. The molecule has 0 aromatic heterocycles. The van der Waals surface area contributed by atoms with Crippen molar-refractivity contribution in [1.29, 1.82) is 0 Å². The molecule has 0 aliphatic heterocycles. The molecule has 0 amide bonds. The lowest BCUT2D eigenvalue weighted by molar-refractivity contribution is 0.0152. The monoisotopic (exact) mass is 206 g/mol. The fourth-order valence-electron chi connectivity index (χ4n) is 2.17. The van der Waals surface area contributed by atoms with Crippen LogP contribution >= 0.6 is 0 Å². The van der Waals surface area contributed by atoms with Gasteiger partial charge < -0.3 is 9.84 Å². The maximum atomic E-state index is 9.41. The summed E-state index contributed by atoms with van der Waals surface area (Å²) < 4.78 is 5.92. The number of ether oxygens (including phenoxy) is 1. The largest absolute Gasteiger partial charge is 0.485 e. The molecule has 0 spiro atoms. The number of hydrogen-bond acceptors (Lipinski definition) is 2. The summed E-state index contributed by atoms with van der Waals surface area (Å²) in [6.45, 7) is 2.18. The van der Waals surface area contributed by atoms with E-state index in [-0.39, 0.29) is 12.2 Å². The van der Waals surface area contributed by atoms with Gasteiger partial charge in [-0.3, -0.25) is 0 Å². The molecule has 15 heavy (non-hydrogen) atoms. The molecule has 0 saturated heterocycles. The van der Waals surface area contributed by atoms with Crippen molar-refractivity contribution >= 4 is 0 Å². The molecule has 1 aromatic carbocycles. The lowest BCUT2D eigenvalue weighted by atomic mass is 10.0. The highest BCUT2D eigenvalue weighted by Gasteiger charge is 2.35. The third-order valence-electron chi connectivity index (χ3n) is 3.16. The Balaban J connectivity index is 2.09. The lowest BCUT2D eigenvalue weighted by Crippen LogP contribution is -2.36. The van der Waals surface area contributed by atoms with Crippen LogP contribution in [-0.4, -0.2) is 17.3 Å². The zero-order valence-corrected chi connectivity index (χ0v) is 9.20. The first kappa shape index (κ1) is 10.5. The minimum absolute atomic E-state index is 0.126. The van der Waals surface area contributed by atoms with Crippen molar-refractivity contribution in [3.05, 3.63) is 29.8 Å². The molecule has 82 valence electrons. The molecule has 0 bridgehead atoms. The number of benzene rings is 1. The van der Waals surface area contributed by atoms with Crippen LogP contribution in [0.2, 0.25) is 0 Å². The fourth-order valence-corrected chi connectivity index (χ4v) is 2.17. The normalized spacial score (nSPS) is 19.1. The van der Waals surface area contributed by atoms with E-state index in [1.165, 1.54) is 5.56 Å². The average Bonchev–Trinajstić information content (AvgIpc) is 2.71. The van der Waals surface area contributed by atoms with Gasteiger partial charge in [0, 0.05) is 0 Å². The molecule has 1 fully saturated rings. The minimum Gasteiger partial charge on any atom is -0.485 e. The molecule has 1 aliphatic carbocycles. The van der Waals surface area contributed by atoms with Gasteiger partial charge in [-0.05, 0) is 44.7 Å². The maximum absolute atomic E-state index is 9.41. The Hall–Kier alpha value is -1.02. The molecule has 0 radical (unpaired) electrons. The van der Waals surface area contributed by atoms with E-state index in [4.69, 9.17) is 4.74 Å². The highest BCUT2D eigenvalue weighted by atomic mass is 16.5. The first-order valence-electron chi connectivity index (χ1n) is 5.61. The minimum atomic E-state index is -0.310. The van der Waals surface area contributed by atoms with Crippen molar-refractivity contribution in [3.63, 3.8) is 0 Å². The van der Waals surface area contributed by atoms with E-state index < -0.39 is 0 Å². The van der Waals surface area contributed by atoms with Crippen LogP contribution in [0.3, 0.4) is 0 Å². The van der Waals surface area contributed by atoms with Crippen molar-refractivity contribution in [2.24, 2.45) is 0 Å². The third kappa shape index (κ3) is 2.32. The molecule has 1 aliphatic rings. The summed E-state index contributed by atoms with van der Waals surface area (Å²) in [6.07, 6.45) is 4.26. The molecular weight excluding hydrogens is 188 g/mol. The predicted molar refractivity (Wildman–Crippen MR) is 60.1 cm³/mol. The number of hydrogen-bond donors (Lipinski definition) is 1. The highest BCUT2D eigenvalue weighted by molar-refractivity contribution is 5.27. The zero-order chi connectivity index (χ0) is 10.7. The van der Waals surface area contributed by atoms with Crippen LogP contribution in [0.4, 0.5) is 0 Å².